The van der Waals surface area contributed by atoms with Crippen LogP contribution in [0, 0.1) is 13.8 Å². The number of sulfonamides is 1. The highest BCUT2D eigenvalue weighted by Gasteiger charge is 2.15. The third-order valence-electron chi connectivity index (χ3n) is 4.18. The van der Waals surface area contributed by atoms with Crippen LogP contribution in [0.5, 0.6) is 0 Å². The number of aryl methyl sites for hydroxylation is 2. The highest BCUT2D eigenvalue weighted by Crippen LogP contribution is 2.17. The van der Waals surface area contributed by atoms with Gasteiger partial charge in [-0.25, -0.2) is 13.1 Å². The Kier molecular flexibility index (Phi) is 5.26. The first-order valence-corrected chi connectivity index (χ1v) is 9.29. The van der Waals surface area contributed by atoms with Gasteiger partial charge in [-0.2, -0.15) is 5.10 Å². The number of aromatic nitrogens is 2. The summed E-state index contributed by atoms with van der Waals surface area (Å²) in [6.07, 6.45) is 0.634. The fraction of sp³-hybridized carbons (Fsp3) is 0.471. The molecule has 0 spiro atoms. The molecule has 23 heavy (non-hydrogen) atoms. The van der Waals surface area contributed by atoms with E-state index in [1.54, 1.807) is 12.1 Å². The highest BCUT2D eigenvalue weighted by atomic mass is 32.2. The van der Waals surface area contributed by atoms with Crippen molar-refractivity contribution < 1.29 is 8.42 Å². The number of hydrogen-bond acceptors (Lipinski definition) is 3. The molecule has 1 aromatic heterocycles. The third kappa shape index (κ3) is 4.00. The summed E-state index contributed by atoms with van der Waals surface area (Å²) < 4.78 is 29.2. The summed E-state index contributed by atoms with van der Waals surface area (Å²) in [7, 11) is -1.57. The number of nitrogens with one attached hydrogen (secondary N) is 1. The second kappa shape index (κ2) is 6.84. The molecule has 0 saturated carbocycles. The van der Waals surface area contributed by atoms with Crippen LogP contribution in [0.3, 0.4) is 0 Å². The SMILES string of the molecule is Cc1nn(C)c(C)c1CCNS(=O)(=O)c1ccc(C(C)C)cc1. The topological polar surface area (TPSA) is 64.0 Å². The molecule has 0 radical (unpaired) electrons. The zero-order chi connectivity index (χ0) is 17.2. The molecule has 0 unspecified atom stereocenters. The monoisotopic (exact) mass is 335 g/mol. The van der Waals surface area contributed by atoms with E-state index in [-0.39, 0.29) is 0 Å². The molecule has 1 aromatic carbocycles. The normalized spacial score (nSPS) is 12.1. The van der Waals surface area contributed by atoms with Gasteiger partial charge in [0.1, 0.15) is 0 Å². The fourth-order valence-electron chi connectivity index (χ4n) is 2.60. The molecule has 2 rings (SSSR count). The van der Waals surface area contributed by atoms with E-state index < -0.39 is 10.0 Å². The van der Waals surface area contributed by atoms with Gasteiger partial charge in [0.2, 0.25) is 10.0 Å². The van der Waals surface area contributed by atoms with E-state index in [2.05, 4.69) is 23.7 Å². The van der Waals surface area contributed by atoms with Gasteiger partial charge < -0.3 is 0 Å². The van der Waals surface area contributed by atoms with Crippen molar-refractivity contribution in [2.45, 2.75) is 44.9 Å². The maximum Gasteiger partial charge on any atom is 0.240 e. The van der Waals surface area contributed by atoms with Crippen molar-refractivity contribution in [2.24, 2.45) is 7.05 Å². The molecule has 0 aliphatic rings. The highest BCUT2D eigenvalue weighted by molar-refractivity contribution is 7.89. The molecule has 0 atom stereocenters. The summed E-state index contributed by atoms with van der Waals surface area (Å²) >= 11 is 0. The van der Waals surface area contributed by atoms with Crippen LogP contribution in [0.15, 0.2) is 29.2 Å². The zero-order valence-electron chi connectivity index (χ0n) is 14.4. The van der Waals surface area contributed by atoms with Crippen molar-refractivity contribution in [1.29, 1.82) is 0 Å². The van der Waals surface area contributed by atoms with Crippen molar-refractivity contribution in [3.8, 4) is 0 Å². The first kappa shape index (κ1) is 17.7. The summed E-state index contributed by atoms with van der Waals surface area (Å²) in [4.78, 5) is 0.307. The van der Waals surface area contributed by atoms with Gasteiger partial charge in [-0.3, -0.25) is 4.68 Å². The Morgan fingerprint density at radius 3 is 2.26 bits per heavy atom. The van der Waals surface area contributed by atoms with Gasteiger partial charge in [-0.05, 0) is 49.4 Å². The lowest BCUT2D eigenvalue weighted by molar-refractivity contribution is 0.581. The lowest BCUT2D eigenvalue weighted by Crippen LogP contribution is -2.26. The van der Waals surface area contributed by atoms with Gasteiger partial charge in [-0.15, -0.1) is 0 Å². The molecule has 1 heterocycles. The number of nitrogens with zero attached hydrogens (tertiary/aromatic N) is 2. The molecule has 5 nitrogen and oxygen atoms in total. The Hall–Kier alpha value is -1.66. The molecule has 0 amide bonds. The molecular weight excluding hydrogens is 310 g/mol. The Balaban J connectivity index is 2.04. The molecule has 6 heteroatoms. The van der Waals surface area contributed by atoms with Gasteiger partial charge in [0.25, 0.3) is 0 Å². The zero-order valence-corrected chi connectivity index (χ0v) is 15.2. The lowest BCUT2D eigenvalue weighted by Gasteiger charge is -2.09. The average molecular weight is 335 g/mol. The minimum Gasteiger partial charge on any atom is -0.272 e. The molecule has 0 aliphatic heterocycles. The average Bonchev–Trinajstić information content (AvgIpc) is 2.73. The first-order chi connectivity index (χ1) is 10.7. The smallest absolute Gasteiger partial charge is 0.240 e. The van der Waals surface area contributed by atoms with Crippen LogP contribution >= 0.6 is 0 Å². The molecular formula is C17H25N3O2S. The third-order valence-corrected chi connectivity index (χ3v) is 5.66. The molecule has 0 aliphatic carbocycles. The van der Waals surface area contributed by atoms with E-state index >= 15 is 0 Å². The van der Waals surface area contributed by atoms with Gasteiger partial charge in [0, 0.05) is 19.3 Å². The number of benzene rings is 1. The number of hydrogen-bond donors (Lipinski definition) is 1. The van der Waals surface area contributed by atoms with Gasteiger partial charge in [0.05, 0.1) is 10.6 Å². The minimum absolute atomic E-state index is 0.307. The standard InChI is InChI=1S/C17H25N3O2S/c1-12(2)15-6-8-16(9-7-15)23(21,22)18-11-10-17-13(3)19-20(5)14(17)4/h6-9,12,18H,10-11H2,1-5H3. The lowest BCUT2D eigenvalue weighted by atomic mass is 10.0. The minimum atomic E-state index is -3.47. The van der Waals surface area contributed by atoms with Gasteiger partial charge >= 0.3 is 0 Å². The van der Waals surface area contributed by atoms with Crippen LogP contribution in [0.4, 0.5) is 0 Å². The van der Waals surface area contributed by atoms with E-state index in [9.17, 15) is 8.42 Å². The predicted molar refractivity (Wildman–Crippen MR) is 92.1 cm³/mol. The summed E-state index contributed by atoms with van der Waals surface area (Å²) in [6, 6.07) is 7.07. The summed E-state index contributed by atoms with van der Waals surface area (Å²) in [5, 5.41) is 4.35. The van der Waals surface area contributed by atoms with E-state index in [1.807, 2.05) is 37.7 Å². The van der Waals surface area contributed by atoms with Crippen LogP contribution in [-0.2, 0) is 23.5 Å². The van der Waals surface area contributed by atoms with Crippen molar-refractivity contribution in [3.63, 3.8) is 0 Å². The molecule has 0 saturated heterocycles. The van der Waals surface area contributed by atoms with Crippen molar-refractivity contribution in [1.82, 2.24) is 14.5 Å². The van der Waals surface area contributed by atoms with Gasteiger partial charge in [-0.1, -0.05) is 26.0 Å². The van der Waals surface area contributed by atoms with Crippen LogP contribution < -0.4 is 4.72 Å². The van der Waals surface area contributed by atoms with E-state index in [1.165, 1.54) is 0 Å². The number of rotatable bonds is 6. The predicted octanol–water partition coefficient (Wildman–Crippen LogP) is 2.68. The molecule has 1 N–H and O–H groups in total. The summed E-state index contributed by atoms with van der Waals surface area (Å²) in [5.41, 5.74) is 4.25. The summed E-state index contributed by atoms with van der Waals surface area (Å²) in [5.74, 6) is 0.385. The van der Waals surface area contributed by atoms with Crippen LogP contribution in [0.2, 0.25) is 0 Å². The van der Waals surface area contributed by atoms with E-state index in [4.69, 9.17) is 0 Å². The first-order valence-electron chi connectivity index (χ1n) is 7.81. The molecule has 0 fully saturated rings. The van der Waals surface area contributed by atoms with Crippen LogP contribution in [-0.4, -0.2) is 24.7 Å². The molecule has 2 aromatic rings. The van der Waals surface area contributed by atoms with Gasteiger partial charge in [0.15, 0.2) is 0 Å². The Bertz CT molecular complexity index is 775. The molecule has 0 bridgehead atoms. The quantitative estimate of drug-likeness (QED) is 0.883. The molecule has 126 valence electrons. The fourth-order valence-corrected chi connectivity index (χ4v) is 3.64. The largest absolute Gasteiger partial charge is 0.272 e. The maximum absolute atomic E-state index is 12.3. The van der Waals surface area contributed by atoms with Crippen molar-refractivity contribution in [3.05, 3.63) is 46.8 Å². The Morgan fingerprint density at radius 1 is 1.17 bits per heavy atom. The van der Waals surface area contributed by atoms with Crippen LogP contribution in [0.1, 0.15) is 42.3 Å². The Morgan fingerprint density at radius 2 is 1.78 bits per heavy atom. The van der Waals surface area contributed by atoms with Crippen LogP contribution in [0.25, 0.3) is 0 Å². The Labute approximate surface area is 138 Å². The maximum atomic E-state index is 12.3. The second-order valence-corrected chi connectivity index (χ2v) is 7.91. The van der Waals surface area contributed by atoms with E-state index in [0.29, 0.717) is 23.8 Å². The van der Waals surface area contributed by atoms with Crippen molar-refractivity contribution in [2.75, 3.05) is 6.54 Å². The van der Waals surface area contributed by atoms with Crippen molar-refractivity contribution >= 4 is 10.0 Å². The second-order valence-electron chi connectivity index (χ2n) is 6.14. The van der Waals surface area contributed by atoms with E-state index in [0.717, 1.165) is 22.5 Å². The summed E-state index contributed by atoms with van der Waals surface area (Å²) in [6.45, 7) is 8.47.